The summed E-state index contributed by atoms with van der Waals surface area (Å²) in [6.07, 6.45) is 0.426. The van der Waals surface area contributed by atoms with Crippen molar-refractivity contribution >= 4 is 39.5 Å². The molecule has 0 aliphatic rings. The Kier molecular flexibility index (Phi) is 10.2. The maximum atomic E-state index is 13.5. The number of hydrogen-bond donors (Lipinski definition) is 1. The molecule has 1 N–H and O–H groups in total. The van der Waals surface area contributed by atoms with Crippen molar-refractivity contribution in [2.45, 2.75) is 31.7 Å². The van der Waals surface area contributed by atoms with Gasteiger partial charge < -0.3 is 10.2 Å². The number of nitrogens with zero attached hydrogens (tertiary/aromatic N) is 1. The molecule has 4 nitrogen and oxygen atoms in total. The summed E-state index contributed by atoms with van der Waals surface area (Å²) in [5.41, 5.74) is 2.88. The van der Waals surface area contributed by atoms with E-state index >= 15 is 0 Å². The molecule has 0 bridgehead atoms. The first-order valence-electron chi connectivity index (χ1n) is 11.1. The summed E-state index contributed by atoms with van der Waals surface area (Å²) in [6.45, 7) is 2.68. The highest BCUT2D eigenvalue weighted by Gasteiger charge is 2.30. The molecule has 3 aromatic rings. The molecule has 0 heterocycles. The highest BCUT2D eigenvalue weighted by atomic mass is 79.9. The third kappa shape index (κ3) is 7.99. The monoisotopic (exact) mass is 542 g/mol. The van der Waals surface area contributed by atoms with E-state index in [1.165, 1.54) is 23.9 Å². The summed E-state index contributed by atoms with van der Waals surface area (Å²) in [7, 11) is 0. The summed E-state index contributed by atoms with van der Waals surface area (Å²) >= 11 is 4.95. The number of benzene rings is 3. The van der Waals surface area contributed by atoms with Crippen molar-refractivity contribution in [1.82, 2.24) is 10.2 Å². The Bertz CT molecular complexity index is 1080. The fourth-order valence-electron chi connectivity index (χ4n) is 3.60. The van der Waals surface area contributed by atoms with Gasteiger partial charge in [-0.05, 0) is 47.9 Å². The van der Waals surface area contributed by atoms with Crippen LogP contribution in [0, 0.1) is 5.82 Å². The Morgan fingerprint density at radius 2 is 1.68 bits per heavy atom. The first-order valence-corrected chi connectivity index (χ1v) is 13.1. The lowest BCUT2D eigenvalue weighted by Gasteiger charge is -2.31. The van der Waals surface area contributed by atoms with Crippen molar-refractivity contribution in [3.05, 3.63) is 106 Å². The molecule has 0 saturated heterocycles. The Labute approximate surface area is 213 Å². The number of likely N-dealkylation sites (N-methyl/N-ethyl adjacent to an activating group) is 1. The SMILES string of the molecule is CCNC(=O)[C@@H](Cc1ccccc1)N(Cc1cccc(Br)c1)C(=O)CSCc1ccc(F)cc1. The van der Waals surface area contributed by atoms with Crippen molar-refractivity contribution in [3.8, 4) is 0 Å². The topological polar surface area (TPSA) is 49.4 Å². The van der Waals surface area contributed by atoms with E-state index in [0.717, 1.165) is 21.2 Å². The minimum atomic E-state index is -0.639. The zero-order chi connectivity index (χ0) is 24.3. The Balaban J connectivity index is 1.81. The van der Waals surface area contributed by atoms with Crippen molar-refractivity contribution in [1.29, 1.82) is 0 Å². The van der Waals surface area contributed by atoms with Crippen LogP contribution in [0.4, 0.5) is 4.39 Å². The zero-order valence-electron chi connectivity index (χ0n) is 19.0. The van der Waals surface area contributed by atoms with E-state index in [4.69, 9.17) is 0 Å². The second-order valence-corrected chi connectivity index (χ2v) is 9.77. The van der Waals surface area contributed by atoms with E-state index in [-0.39, 0.29) is 23.4 Å². The van der Waals surface area contributed by atoms with Gasteiger partial charge in [0.15, 0.2) is 0 Å². The smallest absolute Gasteiger partial charge is 0.243 e. The van der Waals surface area contributed by atoms with Gasteiger partial charge in [-0.2, -0.15) is 0 Å². The summed E-state index contributed by atoms with van der Waals surface area (Å²) in [6, 6.07) is 23.1. The lowest BCUT2D eigenvalue weighted by Crippen LogP contribution is -2.51. The lowest BCUT2D eigenvalue weighted by atomic mass is 10.0. The van der Waals surface area contributed by atoms with E-state index in [0.29, 0.717) is 25.3 Å². The van der Waals surface area contributed by atoms with Crippen LogP contribution < -0.4 is 5.32 Å². The van der Waals surface area contributed by atoms with Crippen LogP contribution in [0.2, 0.25) is 0 Å². The van der Waals surface area contributed by atoms with Crippen LogP contribution in [0.5, 0.6) is 0 Å². The number of amides is 2. The summed E-state index contributed by atoms with van der Waals surface area (Å²) in [4.78, 5) is 28.3. The van der Waals surface area contributed by atoms with Crippen molar-refractivity contribution in [2.75, 3.05) is 12.3 Å². The molecule has 0 unspecified atom stereocenters. The quantitative estimate of drug-likeness (QED) is 0.343. The van der Waals surface area contributed by atoms with Crippen LogP contribution in [-0.2, 0) is 28.3 Å². The molecular formula is C27H28BrFN2O2S. The highest BCUT2D eigenvalue weighted by molar-refractivity contribution is 9.10. The van der Waals surface area contributed by atoms with E-state index in [9.17, 15) is 14.0 Å². The molecule has 34 heavy (non-hydrogen) atoms. The number of halogens is 2. The van der Waals surface area contributed by atoms with Crippen LogP contribution in [0.25, 0.3) is 0 Å². The second-order valence-electron chi connectivity index (χ2n) is 7.87. The van der Waals surface area contributed by atoms with Crippen LogP contribution >= 0.6 is 27.7 Å². The third-order valence-corrected chi connectivity index (χ3v) is 6.75. The highest BCUT2D eigenvalue weighted by Crippen LogP contribution is 2.20. The molecule has 3 rings (SSSR count). The molecule has 0 spiro atoms. The van der Waals surface area contributed by atoms with Crippen LogP contribution in [0.3, 0.4) is 0 Å². The molecule has 0 fully saturated rings. The van der Waals surface area contributed by atoms with Gasteiger partial charge in [0.2, 0.25) is 11.8 Å². The van der Waals surface area contributed by atoms with Gasteiger partial charge in [0.05, 0.1) is 5.75 Å². The predicted molar refractivity (Wildman–Crippen MR) is 140 cm³/mol. The molecule has 1 atom stereocenters. The van der Waals surface area contributed by atoms with Crippen LogP contribution in [0.15, 0.2) is 83.3 Å². The average molecular weight is 544 g/mol. The van der Waals surface area contributed by atoms with E-state index in [1.807, 2.05) is 61.5 Å². The molecular weight excluding hydrogens is 515 g/mol. The fourth-order valence-corrected chi connectivity index (χ4v) is 4.92. The number of carbonyl (C=O) groups is 2. The van der Waals surface area contributed by atoms with Gasteiger partial charge in [0, 0.05) is 29.7 Å². The lowest BCUT2D eigenvalue weighted by molar-refractivity contribution is -0.139. The Morgan fingerprint density at radius 3 is 2.35 bits per heavy atom. The minimum absolute atomic E-state index is 0.112. The first kappa shape index (κ1) is 26.0. The van der Waals surface area contributed by atoms with Crippen molar-refractivity contribution in [2.24, 2.45) is 0 Å². The molecule has 3 aromatic carbocycles. The molecule has 0 aliphatic carbocycles. The van der Waals surface area contributed by atoms with Gasteiger partial charge in [-0.1, -0.05) is 70.5 Å². The van der Waals surface area contributed by atoms with Crippen LogP contribution in [-0.4, -0.2) is 35.1 Å². The molecule has 2 amide bonds. The Hall–Kier alpha value is -2.64. The Morgan fingerprint density at radius 1 is 0.971 bits per heavy atom. The fraction of sp³-hybridized carbons (Fsp3) is 0.259. The third-order valence-electron chi connectivity index (χ3n) is 5.27. The van der Waals surface area contributed by atoms with Gasteiger partial charge in [-0.3, -0.25) is 9.59 Å². The number of carbonyl (C=O) groups excluding carboxylic acids is 2. The maximum absolute atomic E-state index is 13.5. The summed E-state index contributed by atoms with van der Waals surface area (Å²) in [5.74, 6) is 0.241. The standard InChI is InChI=1S/C27H28BrFN2O2S/c1-2-30-27(33)25(16-20-7-4-3-5-8-20)31(17-22-9-6-10-23(28)15-22)26(32)19-34-18-21-11-13-24(29)14-12-21/h3-15,25H,2,16-19H2,1H3,(H,30,33)/t25-/m1/s1. The zero-order valence-corrected chi connectivity index (χ0v) is 21.4. The van der Waals surface area contributed by atoms with Crippen molar-refractivity contribution in [3.63, 3.8) is 0 Å². The predicted octanol–water partition coefficient (Wildman–Crippen LogP) is 5.60. The van der Waals surface area contributed by atoms with Gasteiger partial charge in [0.1, 0.15) is 11.9 Å². The molecule has 7 heteroatoms. The molecule has 0 aromatic heterocycles. The van der Waals surface area contributed by atoms with Gasteiger partial charge >= 0.3 is 0 Å². The first-order chi connectivity index (χ1) is 16.5. The van der Waals surface area contributed by atoms with Gasteiger partial charge in [0.25, 0.3) is 0 Å². The second kappa shape index (κ2) is 13.3. The van der Waals surface area contributed by atoms with Gasteiger partial charge in [-0.25, -0.2) is 4.39 Å². The number of nitrogens with one attached hydrogen (secondary N) is 1. The molecule has 0 aliphatic heterocycles. The largest absolute Gasteiger partial charge is 0.355 e. The minimum Gasteiger partial charge on any atom is -0.355 e. The maximum Gasteiger partial charge on any atom is 0.243 e. The van der Waals surface area contributed by atoms with Crippen molar-refractivity contribution < 1.29 is 14.0 Å². The summed E-state index contributed by atoms with van der Waals surface area (Å²) < 4.78 is 14.1. The molecule has 178 valence electrons. The van der Waals surface area contributed by atoms with E-state index in [2.05, 4.69) is 21.2 Å². The summed E-state index contributed by atoms with van der Waals surface area (Å²) in [5, 5.41) is 2.90. The number of rotatable bonds is 11. The molecule has 0 saturated carbocycles. The van der Waals surface area contributed by atoms with Gasteiger partial charge in [-0.15, -0.1) is 11.8 Å². The number of hydrogen-bond acceptors (Lipinski definition) is 3. The average Bonchev–Trinajstić information content (AvgIpc) is 2.83. The van der Waals surface area contributed by atoms with E-state index in [1.54, 1.807) is 17.0 Å². The van der Waals surface area contributed by atoms with E-state index < -0.39 is 6.04 Å². The molecule has 0 radical (unpaired) electrons. The van der Waals surface area contributed by atoms with Crippen LogP contribution in [0.1, 0.15) is 23.6 Å². The number of thioether (sulfide) groups is 1. The normalized spacial score (nSPS) is 11.6.